The predicted octanol–water partition coefficient (Wildman–Crippen LogP) is 1.06. The zero-order chi connectivity index (χ0) is 15.3. The fourth-order valence-electron chi connectivity index (χ4n) is 1.66. The van der Waals surface area contributed by atoms with Gasteiger partial charge in [0.2, 0.25) is 10.0 Å². The van der Waals surface area contributed by atoms with Gasteiger partial charge in [-0.25, -0.2) is 13.1 Å². The van der Waals surface area contributed by atoms with Gasteiger partial charge in [0.1, 0.15) is 29.6 Å². The van der Waals surface area contributed by atoms with Crippen LogP contribution in [0.4, 0.5) is 5.69 Å². The van der Waals surface area contributed by atoms with Crippen LogP contribution in [-0.4, -0.2) is 26.7 Å². The van der Waals surface area contributed by atoms with Crippen molar-refractivity contribution < 1.29 is 17.7 Å². The maximum Gasteiger partial charge on any atom is 0.217 e. The van der Waals surface area contributed by atoms with E-state index in [9.17, 15) is 8.42 Å². The van der Waals surface area contributed by atoms with Gasteiger partial charge in [-0.1, -0.05) is 5.16 Å². The number of ether oxygens (including phenoxy) is 1. The van der Waals surface area contributed by atoms with Crippen molar-refractivity contribution in [1.29, 1.82) is 0 Å². The van der Waals surface area contributed by atoms with Gasteiger partial charge in [-0.15, -0.1) is 0 Å². The molecule has 1 heterocycles. The lowest BCUT2D eigenvalue weighted by atomic mass is 10.3. The van der Waals surface area contributed by atoms with Crippen molar-refractivity contribution in [3.8, 4) is 5.75 Å². The number of aryl methyl sites for hydroxylation is 1. The first-order valence-electron chi connectivity index (χ1n) is 6.32. The maximum absolute atomic E-state index is 11.8. The minimum absolute atomic E-state index is 0.170. The summed E-state index contributed by atoms with van der Waals surface area (Å²) in [4.78, 5) is 0. The van der Waals surface area contributed by atoms with E-state index in [2.05, 4.69) is 9.88 Å². The van der Waals surface area contributed by atoms with Gasteiger partial charge in [0.25, 0.3) is 0 Å². The number of hydrogen-bond acceptors (Lipinski definition) is 6. The summed E-state index contributed by atoms with van der Waals surface area (Å²) < 4.78 is 36.3. The van der Waals surface area contributed by atoms with Gasteiger partial charge in [-0.2, -0.15) is 0 Å². The average molecular weight is 311 g/mol. The van der Waals surface area contributed by atoms with Gasteiger partial charge < -0.3 is 15.0 Å². The van der Waals surface area contributed by atoms with Crippen LogP contribution in [0.5, 0.6) is 5.75 Å². The van der Waals surface area contributed by atoms with Gasteiger partial charge >= 0.3 is 0 Å². The molecule has 0 saturated heterocycles. The molecule has 0 radical (unpaired) electrons. The summed E-state index contributed by atoms with van der Waals surface area (Å²) in [6.07, 6.45) is 0. The van der Waals surface area contributed by atoms with E-state index in [1.165, 1.54) is 0 Å². The second-order valence-corrected chi connectivity index (χ2v) is 6.31. The Morgan fingerprint density at radius 1 is 1.33 bits per heavy atom. The van der Waals surface area contributed by atoms with Gasteiger partial charge in [0, 0.05) is 18.3 Å². The molecule has 8 heteroatoms. The van der Waals surface area contributed by atoms with Crippen LogP contribution in [0.2, 0.25) is 0 Å². The van der Waals surface area contributed by atoms with E-state index in [1.807, 2.05) is 0 Å². The molecule has 3 N–H and O–H groups in total. The first kappa shape index (κ1) is 15.3. The van der Waals surface area contributed by atoms with Crippen molar-refractivity contribution in [2.45, 2.75) is 12.7 Å². The van der Waals surface area contributed by atoms with Crippen LogP contribution in [0.3, 0.4) is 0 Å². The number of hydrogen-bond donors (Lipinski definition) is 2. The largest absolute Gasteiger partial charge is 0.492 e. The Bertz CT molecular complexity index is 680. The molecule has 0 saturated carbocycles. The molecule has 0 unspecified atom stereocenters. The highest BCUT2D eigenvalue weighted by Crippen LogP contribution is 2.12. The molecule has 2 aromatic rings. The highest BCUT2D eigenvalue weighted by molar-refractivity contribution is 7.88. The van der Waals surface area contributed by atoms with Crippen LogP contribution < -0.4 is 15.2 Å². The number of sulfonamides is 1. The van der Waals surface area contributed by atoms with Crippen LogP contribution in [0.25, 0.3) is 0 Å². The molecule has 114 valence electrons. The van der Waals surface area contributed by atoms with E-state index in [4.69, 9.17) is 15.0 Å². The standard InChI is InChI=1S/C13H17N3O4S/c1-10-8-12(16-20-10)9-21(17,18)15-6-7-19-13-4-2-11(14)3-5-13/h2-5,8,15H,6-7,9,14H2,1H3. The van der Waals surface area contributed by atoms with Crippen LogP contribution in [0, 0.1) is 6.92 Å². The topological polar surface area (TPSA) is 107 Å². The minimum Gasteiger partial charge on any atom is -0.492 e. The molecule has 0 aliphatic heterocycles. The molecular weight excluding hydrogens is 294 g/mol. The van der Waals surface area contributed by atoms with Crippen molar-refractivity contribution in [3.63, 3.8) is 0 Å². The third kappa shape index (κ3) is 5.09. The van der Waals surface area contributed by atoms with E-state index < -0.39 is 10.0 Å². The second kappa shape index (κ2) is 6.59. The van der Waals surface area contributed by atoms with Gasteiger partial charge in [0.05, 0.1) is 0 Å². The molecular formula is C13H17N3O4S. The third-order valence-corrected chi connectivity index (χ3v) is 3.91. The molecule has 0 aliphatic carbocycles. The Morgan fingerprint density at radius 2 is 2.05 bits per heavy atom. The predicted molar refractivity (Wildman–Crippen MR) is 78.2 cm³/mol. The Morgan fingerprint density at radius 3 is 2.67 bits per heavy atom. The Hall–Kier alpha value is -2.06. The zero-order valence-corrected chi connectivity index (χ0v) is 12.4. The number of nitrogens with two attached hydrogens (primary N) is 1. The van der Waals surface area contributed by atoms with Crippen molar-refractivity contribution in [3.05, 3.63) is 41.8 Å². The number of nitrogens with one attached hydrogen (secondary N) is 1. The van der Waals surface area contributed by atoms with Crippen LogP contribution in [0.15, 0.2) is 34.9 Å². The molecule has 1 aromatic heterocycles. The molecule has 0 aliphatic rings. The lowest BCUT2D eigenvalue weighted by Crippen LogP contribution is -2.29. The minimum atomic E-state index is -3.45. The molecule has 1 aromatic carbocycles. The molecule has 0 bridgehead atoms. The van der Waals surface area contributed by atoms with E-state index in [0.29, 0.717) is 22.9 Å². The summed E-state index contributed by atoms with van der Waals surface area (Å²) in [5, 5.41) is 3.65. The van der Waals surface area contributed by atoms with Crippen molar-refractivity contribution in [2.75, 3.05) is 18.9 Å². The zero-order valence-electron chi connectivity index (χ0n) is 11.6. The molecule has 0 amide bonds. The fourth-order valence-corrected chi connectivity index (χ4v) is 2.68. The summed E-state index contributed by atoms with van der Waals surface area (Å²) in [5.41, 5.74) is 6.57. The van der Waals surface area contributed by atoms with Gasteiger partial charge in [0.15, 0.2) is 0 Å². The molecule has 7 nitrogen and oxygen atoms in total. The number of rotatable bonds is 7. The number of aromatic nitrogens is 1. The van der Waals surface area contributed by atoms with Gasteiger partial charge in [-0.3, -0.25) is 0 Å². The lowest BCUT2D eigenvalue weighted by molar-refractivity contribution is 0.323. The van der Waals surface area contributed by atoms with Crippen molar-refractivity contribution in [1.82, 2.24) is 9.88 Å². The highest BCUT2D eigenvalue weighted by Gasteiger charge is 2.13. The van der Waals surface area contributed by atoms with Gasteiger partial charge in [-0.05, 0) is 31.2 Å². The smallest absolute Gasteiger partial charge is 0.217 e. The quantitative estimate of drug-likeness (QED) is 0.585. The van der Waals surface area contributed by atoms with Crippen LogP contribution in [-0.2, 0) is 15.8 Å². The maximum atomic E-state index is 11.8. The summed E-state index contributed by atoms with van der Waals surface area (Å²) in [6.45, 7) is 2.10. The molecule has 2 rings (SSSR count). The monoisotopic (exact) mass is 311 g/mol. The normalized spacial score (nSPS) is 11.5. The number of anilines is 1. The van der Waals surface area contributed by atoms with E-state index in [-0.39, 0.29) is 18.9 Å². The number of nitrogens with zero attached hydrogens (tertiary/aromatic N) is 1. The summed E-state index contributed by atoms with van der Waals surface area (Å²) in [6, 6.07) is 8.47. The Labute approximate surface area is 123 Å². The summed E-state index contributed by atoms with van der Waals surface area (Å²) >= 11 is 0. The lowest BCUT2D eigenvalue weighted by Gasteiger charge is -2.07. The highest BCUT2D eigenvalue weighted by atomic mass is 32.2. The van der Waals surface area contributed by atoms with E-state index in [1.54, 1.807) is 37.3 Å². The Kier molecular flexibility index (Phi) is 4.81. The van der Waals surface area contributed by atoms with Crippen LogP contribution >= 0.6 is 0 Å². The second-order valence-electron chi connectivity index (χ2n) is 4.50. The third-order valence-electron chi connectivity index (χ3n) is 2.59. The number of benzene rings is 1. The first-order valence-corrected chi connectivity index (χ1v) is 7.98. The molecule has 0 atom stereocenters. The van der Waals surface area contributed by atoms with Crippen LogP contribution in [0.1, 0.15) is 11.5 Å². The Balaban J connectivity index is 1.75. The summed E-state index contributed by atoms with van der Waals surface area (Å²) in [7, 11) is -3.45. The SMILES string of the molecule is Cc1cc(CS(=O)(=O)NCCOc2ccc(N)cc2)no1. The average Bonchev–Trinajstić information content (AvgIpc) is 2.81. The fraction of sp³-hybridized carbons (Fsp3) is 0.308. The molecule has 21 heavy (non-hydrogen) atoms. The number of nitrogen functional groups attached to an aromatic ring is 1. The van der Waals surface area contributed by atoms with E-state index in [0.717, 1.165) is 0 Å². The van der Waals surface area contributed by atoms with Crippen molar-refractivity contribution in [2.24, 2.45) is 0 Å². The first-order chi connectivity index (χ1) is 9.94. The molecule has 0 fully saturated rings. The van der Waals surface area contributed by atoms with Crippen molar-refractivity contribution >= 4 is 15.7 Å². The molecule has 0 spiro atoms. The van der Waals surface area contributed by atoms with E-state index >= 15 is 0 Å². The summed E-state index contributed by atoms with van der Waals surface area (Å²) in [5.74, 6) is 0.995.